The number of aryl methyl sites for hydroxylation is 2. The van der Waals surface area contributed by atoms with Crippen molar-refractivity contribution in [2.75, 3.05) is 0 Å². The van der Waals surface area contributed by atoms with Crippen molar-refractivity contribution in [2.45, 2.75) is 24.6 Å². The number of rotatable bonds is 4. The van der Waals surface area contributed by atoms with Gasteiger partial charge in [0.25, 0.3) is 0 Å². The lowest BCUT2D eigenvalue weighted by Crippen LogP contribution is -2.05. The smallest absolute Gasteiger partial charge is 0.338 e. The maximum absolute atomic E-state index is 11.3. The van der Waals surface area contributed by atoms with Gasteiger partial charge in [0.15, 0.2) is 0 Å². The first kappa shape index (κ1) is 15.0. The van der Waals surface area contributed by atoms with Crippen LogP contribution in [0.15, 0.2) is 34.0 Å². The molecule has 0 saturated heterocycles. The quantitative estimate of drug-likeness (QED) is 0.846. The summed E-state index contributed by atoms with van der Waals surface area (Å²) in [4.78, 5) is 19.8. The highest BCUT2D eigenvalue weighted by molar-refractivity contribution is 9.10. The summed E-state index contributed by atoms with van der Waals surface area (Å²) in [5.41, 5.74) is 2.85. The maximum atomic E-state index is 11.3. The number of thioether (sulfide) groups is 1. The molecular formula is C14H13BrN2O2S. The van der Waals surface area contributed by atoms with Gasteiger partial charge in [-0.15, -0.1) is 11.8 Å². The Morgan fingerprint density at radius 1 is 1.35 bits per heavy atom. The van der Waals surface area contributed by atoms with Gasteiger partial charge in [0.05, 0.1) is 5.56 Å². The predicted molar refractivity (Wildman–Crippen MR) is 82.2 cm³/mol. The zero-order valence-electron chi connectivity index (χ0n) is 11.1. The van der Waals surface area contributed by atoms with Gasteiger partial charge < -0.3 is 5.11 Å². The Bertz CT molecular complexity index is 662. The van der Waals surface area contributed by atoms with Gasteiger partial charge >= 0.3 is 5.97 Å². The van der Waals surface area contributed by atoms with E-state index in [1.807, 2.05) is 13.0 Å². The Kier molecular flexibility index (Phi) is 4.77. The van der Waals surface area contributed by atoms with E-state index in [1.54, 1.807) is 25.4 Å². The Hall–Kier alpha value is -1.40. The average Bonchev–Trinajstić information content (AvgIpc) is 2.35. The molecule has 2 aromatic rings. The fourth-order valence-electron chi connectivity index (χ4n) is 1.85. The summed E-state index contributed by atoms with van der Waals surface area (Å²) < 4.78 is 0.905. The highest BCUT2D eigenvalue weighted by Crippen LogP contribution is 2.27. The number of carbonyl (C=O) groups is 1. The Balaban J connectivity index is 2.27. The van der Waals surface area contributed by atoms with Crippen molar-refractivity contribution < 1.29 is 9.90 Å². The number of halogens is 1. The van der Waals surface area contributed by atoms with Gasteiger partial charge in [-0.1, -0.05) is 0 Å². The number of hydrogen-bond acceptors (Lipinski definition) is 4. The zero-order valence-corrected chi connectivity index (χ0v) is 13.5. The third kappa shape index (κ3) is 3.58. The molecule has 0 aliphatic rings. The second-order valence-corrected chi connectivity index (χ2v) is 6.25. The van der Waals surface area contributed by atoms with Gasteiger partial charge in [-0.3, -0.25) is 4.98 Å². The number of aromatic nitrogens is 2. The van der Waals surface area contributed by atoms with Gasteiger partial charge in [-0.05, 0) is 53.0 Å². The molecule has 2 heterocycles. The number of pyridine rings is 2. The van der Waals surface area contributed by atoms with E-state index in [9.17, 15) is 9.90 Å². The molecule has 20 heavy (non-hydrogen) atoms. The minimum absolute atomic E-state index is 0.281. The van der Waals surface area contributed by atoms with E-state index >= 15 is 0 Å². The standard InChI is InChI=1S/C14H13BrN2O2S/c1-8-3-9(2)17-13(12(8)14(18)19)20-7-10-4-11(15)6-16-5-10/h3-6H,7H2,1-2H3,(H,18,19). The van der Waals surface area contributed by atoms with Crippen LogP contribution in [0.4, 0.5) is 0 Å². The topological polar surface area (TPSA) is 63.1 Å². The third-order valence-electron chi connectivity index (χ3n) is 2.66. The second kappa shape index (κ2) is 6.37. The molecule has 0 aromatic carbocycles. The Morgan fingerprint density at radius 2 is 2.10 bits per heavy atom. The van der Waals surface area contributed by atoms with Crippen molar-refractivity contribution >= 4 is 33.7 Å². The summed E-state index contributed by atoms with van der Waals surface area (Å²) in [7, 11) is 0. The van der Waals surface area contributed by atoms with Crippen molar-refractivity contribution in [3.63, 3.8) is 0 Å². The number of aromatic carboxylic acids is 1. The molecule has 0 aliphatic carbocycles. The molecule has 0 bridgehead atoms. The molecule has 2 aromatic heterocycles. The fraction of sp³-hybridized carbons (Fsp3) is 0.214. The highest BCUT2D eigenvalue weighted by atomic mass is 79.9. The van der Waals surface area contributed by atoms with Crippen LogP contribution in [0.1, 0.15) is 27.2 Å². The van der Waals surface area contributed by atoms with Crippen LogP contribution in [-0.2, 0) is 5.75 Å². The molecule has 0 amide bonds. The van der Waals surface area contributed by atoms with E-state index in [1.165, 1.54) is 11.8 Å². The van der Waals surface area contributed by atoms with E-state index in [0.29, 0.717) is 10.8 Å². The van der Waals surface area contributed by atoms with Crippen LogP contribution in [0.2, 0.25) is 0 Å². The number of nitrogens with zero attached hydrogens (tertiary/aromatic N) is 2. The van der Waals surface area contributed by atoms with Gasteiger partial charge in [-0.2, -0.15) is 0 Å². The van der Waals surface area contributed by atoms with Crippen LogP contribution in [0, 0.1) is 13.8 Å². The molecule has 0 radical (unpaired) electrons. The van der Waals surface area contributed by atoms with E-state index in [2.05, 4.69) is 25.9 Å². The zero-order chi connectivity index (χ0) is 14.7. The average molecular weight is 353 g/mol. The van der Waals surface area contributed by atoms with Gasteiger partial charge in [0.2, 0.25) is 0 Å². The van der Waals surface area contributed by atoms with Gasteiger partial charge in [0, 0.05) is 28.3 Å². The summed E-state index contributed by atoms with van der Waals surface area (Å²) in [6, 6.07) is 3.75. The highest BCUT2D eigenvalue weighted by Gasteiger charge is 2.16. The summed E-state index contributed by atoms with van der Waals surface area (Å²) in [5.74, 6) is -0.312. The van der Waals surface area contributed by atoms with Crippen molar-refractivity contribution in [3.8, 4) is 0 Å². The van der Waals surface area contributed by atoms with Crippen molar-refractivity contribution in [1.82, 2.24) is 9.97 Å². The van der Waals surface area contributed by atoms with Crippen LogP contribution < -0.4 is 0 Å². The third-order valence-corrected chi connectivity index (χ3v) is 4.14. The van der Waals surface area contributed by atoms with Crippen LogP contribution in [-0.4, -0.2) is 21.0 Å². The molecular weight excluding hydrogens is 340 g/mol. The lowest BCUT2D eigenvalue weighted by atomic mass is 10.1. The van der Waals surface area contributed by atoms with Gasteiger partial charge in [0.1, 0.15) is 5.03 Å². The molecule has 6 heteroatoms. The van der Waals surface area contributed by atoms with E-state index in [0.717, 1.165) is 21.3 Å². The second-order valence-electron chi connectivity index (χ2n) is 4.37. The summed E-state index contributed by atoms with van der Waals surface area (Å²) in [6.07, 6.45) is 3.48. The Labute approximate surface area is 129 Å². The SMILES string of the molecule is Cc1cc(C)c(C(=O)O)c(SCc2cncc(Br)c2)n1. The number of hydrogen-bond donors (Lipinski definition) is 1. The molecule has 4 nitrogen and oxygen atoms in total. The first-order valence-corrected chi connectivity index (χ1v) is 7.69. The normalized spacial score (nSPS) is 10.6. The molecule has 0 spiro atoms. The van der Waals surface area contributed by atoms with Crippen LogP contribution >= 0.6 is 27.7 Å². The first-order chi connectivity index (χ1) is 9.47. The molecule has 0 aliphatic heterocycles. The van der Waals surface area contributed by atoms with Crippen LogP contribution in [0.3, 0.4) is 0 Å². The number of carboxylic acids is 1. The van der Waals surface area contributed by atoms with E-state index < -0.39 is 5.97 Å². The lowest BCUT2D eigenvalue weighted by Gasteiger charge is -2.09. The van der Waals surface area contributed by atoms with Gasteiger partial charge in [-0.25, -0.2) is 9.78 Å². The molecule has 0 unspecified atom stereocenters. The molecule has 0 saturated carbocycles. The number of carboxylic acid groups (broad SMARTS) is 1. The molecule has 1 N–H and O–H groups in total. The van der Waals surface area contributed by atoms with E-state index in [4.69, 9.17) is 0 Å². The maximum Gasteiger partial charge on any atom is 0.338 e. The molecule has 2 rings (SSSR count). The Morgan fingerprint density at radius 3 is 2.75 bits per heavy atom. The molecule has 104 valence electrons. The summed E-state index contributed by atoms with van der Waals surface area (Å²) >= 11 is 4.78. The summed E-state index contributed by atoms with van der Waals surface area (Å²) in [5, 5.41) is 9.86. The van der Waals surface area contributed by atoms with Crippen molar-refractivity contribution in [3.05, 3.63) is 51.4 Å². The summed E-state index contributed by atoms with van der Waals surface area (Å²) in [6.45, 7) is 3.66. The van der Waals surface area contributed by atoms with Crippen molar-refractivity contribution in [2.24, 2.45) is 0 Å². The first-order valence-electron chi connectivity index (χ1n) is 5.91. The lowest BCUT2D eigenvalue weighted by molar-refractivity contribution is 0.0691. The minimum atomic E-state index is -0.940. The molecule has 0 atom stereocenters. The van der Waals surface area contributed by atoms with Crippen molar-refractivity contribution in [1.29, 1.82) is 0 Å². The van der Waals surface area contributed by atoms with Crippen LogP contribution in [0.25, 0.3) is 0 Å². The predicted octanol–water partition coefficient (Wildman–Crippen LogP) is 3.85. The van der Waals surface area contributed by atoms with E-state index in [-0.39, 0.29) is 5.56 Å². The monoisotopic (exact) mass is 352 g/mol. The fourth-order valence-corrected chi connectivity index (χ4v) is 3.33. The molecule has 0 fully saturated rings. The largest absolute Gasteiger partial charge is 0.478 e. The minimum Gasteiger partial charge on any atom is -0.478 e. The van der Waals surface area contributed by atoms with Crippen LogP contribution in [0.5, 0.6) is 0 Å².